The summed E-state index contributed by atoms with van der Waals surface area (Å²) in [5.74, 6) is -2.33. The van der Waals surface area contributed by atoms with Crippen LogP contribution in [0.5, 0.6) is 0 Å². The number of aromatic amines is 1. The third kappa shape index (κ3) is 4.46. The van der Waals surface area contributed by atoms with Crippen LogP contribution >= 0.6 is 0 Å². The van der Waals surface area contributed by atoms with Crippen molar-refractivity contribution in [1.82, 2.24) is 19.9 Å². The van der Waals surface area contributed by atoms with Crippen LogP contribution in [0, 0.1) is 28.9 Å². The second-order valence-electron chi connectivity index (χ2n) is 8.57. The monoisotopic (exact) mass is 467 g/mol. The number of benzene rings is 1. The predicted molar refractivity (Wildman–Crippen MR) is 120 cm³/mol. The molecular weight excluding hydrogens is 444 g/mol. The molecule has 34 heavy (non-hydrogen) atoms. The molecule has 1 aliphatic carbocycles. The van der Waals surface area contributed by atoms with Crippen LogP contribution in [0.1, 0.15) is 62.4 Å². The summed E-state index contributed by atoms with van der Waals surface area (Å²) >= 11 is 0. The number of amides is 1. The quantitative estimate of drug-likeness (QED) is 0.597. The number of carbonyl (C=O) groups is 1. The molecule has 176 valence electrons. The zero-order chi connectivity index (χ0) is 24.4. The van der Waals surface area contributed by atoms with Crippen LogP contribution in [0.25, 0.3) is 10.9 Å². The molecule has 3 aromatic rings. The average molecular weight is 467 g/mol. The number of pyridine rings is 1. The molecule has 2 N–H and O–H groups in total. The third-order valence-corrected chi connectivity index (χ3v) is 6.30. The molecule has 0 spiro atoms. The van der Waals surface area contributed by atoms with E-state index in [-0.39, 0.29) is 28.1 Å². The first-order valence-corrected chi connectivity index (χ1v) is 11.1. The highest BCUT2D eigenvalue weighted by atomic mass is 19.1. The Balaban J connectivity index is 1.75. The van der Waals surface area contributed by atoms with E-state index in [0.717, 1.165) is 42.0 Å². The highest BCUT2D eigenvalue weighted by Crippen LogP contribution is 2.32. The van der Waals surface area contributed by atoms with Gasteiger partial charge < -0.3 is 10.3 Å². The molecule has 0 radical (unpaired) electrons. The van der Waals surface area contributed by atoms with Crippen LogP contribution in [0.15, 0.2) is 40.1 Å². The number of carbonyl (C=O) groups excluding carboxylic acids is 1. The van der Waals surface area contributed by atoms with E-state index in [1.807, 2.05) is 0 Å². The van der Waals surface area contributed by atoms with Gasteiger partial charge in [-0.15, -0.1) is 0 Å². The van der Waals surface area contributed by atoms with Crippen LogP contribution < -0.4 is 16.6 Å². The molecule has 2 heterocycles. The van der Waals surface area contributed by atoms with Gasteiger partial charge in [0.05, 0.1) is 28.2 Å². The standard InChI is InChI=1S/C24H23F2N5O3/c1-13(20-18(26)9-14(11-27)12-28-20)29-22(32)21(15-5-3-2-4-6-15)31-23(33)17-10-16(25)7-8-19(17)30-24(31)34/h7-10,12-13,15,21H,2-6H2,1H3,(H,29,32)(H,30,34)/t13-,21+/m1/s1. The van der Waals surface area contributed by atoms with E-state index in [9.17, 15) is 23.2 Å². The van der Waals surface area contributed by atoms with Crippen LogP contribution in [0.4, 0.5) is 8.78 Å². The summed E-state index contributed by atoms with van der Waals surface area (Å²) in [6, 6.07) is 4.23. The van der Waals surface area contributed by atoms with Crippen molar-refractivity contribution in [2.45, 2.75) is 51.1 Å². The van der Waals surface area contributed by atoms with Crippen molar-refractivity contribution in [3.05, 3.63) is 74.2 Å². The van der Waals surface area contributed by atoms with Gasteiger partial charge in [0.2, 0.25) is 5.91 Å². The Labute approximate surface area is 193 Å². The van der Waals surface area contributed by atoms with Crippen LogP contribution in [0.3, 0.4) is 0 Å². The fraction of sp³-hybridized carbons (Fsp3) is 0.375. The third-order valence-electron chi connectivity index (χ3n) is 6.30. The van der Waals surface area contributed by atoms with Gasteiger partial charge in [0.1, 0.15) is 23.7 Å². The van der Waals surface area contributed by atoms with Crippen LogP contribution in [-0.2, 0) is 4.79 Å². The molecular formula is C24H23F2N5O3. The second kappa shape index (κ2) is 9.55. The van der Waals surface area contributed by atoms with E-state index in [0.29, 0.717) is 12.8 Å². The topological polar surface area (TPSA) is 121 Å². The first kappa shape index (κ1) is 23.3. The number of hydrogen-bond donors (Lipinski definition) is 2. The van der Waals surface area contributed by atoms with Crippen LogP contribution in [-0.4, -0.2) is 20.4 Å². The fourth-order valence-corrected chi connectivity index (χ4v) is 4.64. The van der Waals surface area contributed by atoms with Gasteiger partial charge >= 0.3 is 5.69 Å². The van der Waals surface area contributed by atoms with Gasteiger partial charge in [0, 0.05) is 6.20 Å². The fourth-order valence-electron chi connectivity index (χ4n) is 4.64. The summed E-state index contributed by atoms with van der Waals surface area (Å²) in [6.45, 7) is 1.52. The van der Waals surface area contributed by atoms with Crippen molar-refractivity contribution in [2.75, 3.05) is 0 Å². The summed E-state index contributed by atoms with van der Waals surface area (Å²) in [6.07, 6.45) is 5.12. The van der Waals surface area contributed by atoms with Crippen molar-refractivity contribution in [2.24, 2.45) is 5.92 Å². The van der Waals surface area contributed by atoms with Gasteiger partial charge in [-0.05, 0) is 49.9 Å². The SMILES string of the molecule is C[C@@H](NC(=O)[C@H](C1CCCCC1)n1c(=O)[nH]c2ccc(F)cc2c1=O)c1ncc(C#N)cc1F. The molecule has 0 unspecified atom stereocenters. The zero-order valence-electron chi connectivity index (χ0n) is 18.5. The Kier molecular flexibility index (Phi) is 6.54. The lowest BCUT2D eigenvalue weighted by molar-refractivity contribution is -0.127. The number of halogens is 2. The number of nitrogens with one attached hydrogen (secondary N) is 2. The summed E-state index contributed by atoms with van der Waals surface area (Å²) in [5, 5.41) is 11.5. The van der Waals surface area contributed by atoms with E-state index in [1.54, 1.807) is 6.07 Å². The summed E-state index contributed by atoms with van der Waals surface area (Å²) in [4.78, 5) is 46.2. The van der Waals surface area contributed by atoms with Crippen molar-refractivity contribution >= 4 is 16.8 Å². The molecule has 1 aromatic carbocycles. The maximum atomic E-state index is 14.4. The molecule has 1 fully saturated rings. The number of fused-ring (bicyclic) bond motifs is 1. The molecule has 0 bridgehead atoms. The molecule has 0 aliphatic heterocycles. The van der Waals surface area contributed by atoms with Crippen molar-refractivity contribution in [3.8, 4) is 6.07 Å². The largest absolute Gasteiger partial charge is 0.346 e. The van der Waals surface area contributed by atoms with Gasteiger partial charge in [-0.1, -0.05) is 19.3 Å². The molecule has 1 aliphatic rings. The smallest absolute Gasteiger partial charge is 0.329 e. The summed E-state index contributed by atoms with van der Waals surface area (Å²) < 4.78 is 29.1. The lowest BCUT2D eigenvalue weighted by Crippen LogP contribution is -2.48. The van der Waals surface area contributed by atoms with Crippen LogP contribution in [0.2, 0.25) is 0 Å². The first-order valence-electron chi connectivity index (χ1n) is 11.1. The molecule has 8 nitrogen and oxygen atoms in total. The Morgan fingerprint density at radius 3 is 2.65 bits per heavy atom. The Hall–Kier alpha value is -3.87. The number of rotatable bonds is 5. The summed E-state index contributed by atoms with van der Waals surface area (Å²) in [7, 11) is 0. The molecule has 2 aromatic heterocycles. The highest BCUT2D eigenvalue weighted by molar-refractivity contribution is 5.82. The van der Waals surface area contributed by atoms with Gasteiger partial charge in [-0.25, -0.2) is 18.1 Å². The number of nitriles is 1. The minimum Gasteiger partial charge on any atom is -0.346 e. The lowest BCUT2D eigenvalue weighted by atomic mass is 9.83. The second-order valence-corrected chi connectivity index (χ2v) is 8.57. The van der Waals surface area contributed by atoms with Crippen molar-refractivity contribution < 1.29 is 13.6 Å². The number of aromatic nitrogens is 3. The molecule has 10 heteroatoms. The molecule has 1 saturated carbocycles. The minimum atomic E-state index is -1.16. The molecule has 2 atom stereocenters. The lowest BCUT2D eigenvalue weighted by Gasteiger charge is -2.31. The average Bonchev–Trinajstić information content (AvgIpc) is 2.82. The van der Waals surface area contributed by atoms with E-state index in [4.69, 9.17) is 5.26 Å². The normalized spacial score (nSPS) is 16.1. The van der Waals surface area contributed by atoms with Gasteiger partial charge in [-0.2, -0.15) is 5.26 Å². The first-order chi connectivity index (χ1) is 16.3. The highest BCUT2D eigenvalue weighted by Gasteiger charge is 2.35. The van der Waals surface area contributed by atoms with Gasteiger partial charge in [0.15, 0.2) is 0 Å². The maximum Gasteiger partial charge on any atom is 0.329 e. The minimum absolute atomic E-state index is 0.0407. The maximum absolute atomic E-state index is 14.4. The Bertz CT molecular complexity index is 1400. The Morgan fingerprint density at radius 1 is 1.24 bits per heavy atom. The van der Waals surface area contributed by atoms with E-state index >= 15 is 0 Å². The Morgan fingerprint density at radius 2 is 1.97 bits per heavy atom. The van der Waals surface area contributed by atoms with E-state index < -0.39 is 40.9 Å². The van der Waals surface area contributed by atoms with Gasteiger partial charge in [-0.3, -0.25) is 14.6 Å². The number of H-pyrrole nitrogens is 1. The zero-order valence-corrected chi connectivity index (χ0v) is 18.5. The molecule has 0 saturated heterocycles. The molecule has 1 amide bonds. The van der Waals surface area contributed by atoms with E-state index in [1.165, 1.54) is 19.2 Å². The number of nitrogens with zero attached hydrogens (tertiary/aromatic N) is 3. The molecule has 4 rings (SSSR count). The predicted octanol–water partition coefficient (Wildman–Crippen LogP) is 3.23. The van der Waals surface area contributed by atoms with Gasteiger partial charge in [0.25, 0.3) is 5.56 Å². The van der Waals surface area contributed by atoms with Crippen molar-refractivity contribution in [1.29, 1.82) is 5.26 Å². The number of hydrogen-bond acceptors (Lipinski definition) is 5. The summed E-state index contributed by atoms with van der Waals surface area (Å²) in [5.41, 5.74) is -1.39. The van der Waals surface area contributed by atoms with Crippen molar-refractivity contribution in [3.63, 3.8) is 0 Å². The van der Waals surface area contributed by atoms with E-state index in [2.05, 4.69) is 15.3 Å².